The van der Waals surface area contributed by atoms with Crippen LogP contribution in [0, 0.1) is 5.82 Å². The molecular formula is C12H16FNO2. The predicted octanol–water partition coefficient (Wildman–Crippen LogP) is 1.62. The molecule has 1 aromatic carbocycles. The van der Waals surface area contributed by atoms with E-state index < -0.39 is 5.82 Å². The van der Waals surface area contributed by atoms with Crippen LogP contribution >= 0.6 is 0 Å². The Balaban J connectivity index is 2.13. The number of rotatable bonds is 5. The van der Waals surface area contributed by atoms with Gasteiger partial charge in [-0.3, -0.25) is 0 Å². The lowest BCUT2D eigenvalue weighted by Gasteiger charge is -2.16. The number of hydrogen-bond donors (Lipinski definition) is 2. The Kier molecular flexibility index (Phi) is 3.41. The molecule has 3 nitrogen and oxygen atoms in total. The maximum Gasteiger partial charge on any atom is 0.165 e. The lowest BCUT2D eigenvalue weighted by molar-refractivity contribution is 0.243. The standard InChI is InChI=1S/C12H16FNO2/c1-16-12-5-2-8(6-10(12)13)11(7-15)14-9-3-4-9/h2,5-6,9,11,14-15H,3-4,7H2,1H3. The van der Waals surface area contributed by atoms with Crippen LogP contribution in [0.15, 0.2) is 18.2 Å². The summed E-state index contributed by atoms with van der Waals surface area (Å²) in [5.74, 6) is -0.164. The topological polar surface area (TPSA) is 41.5 Å². The van der Waals surface area contributed by atoms with Crippen LogP contribution in [0.25, 0.3) is 0 Å². The van der Waals surface area contributed by atoms with Gasteiger partial charge in [0.25, 0.3) is 0 Å². The molecule has 0 saturated heterocycles. The predicted molar refractivity (Wildman–Crippen MR) is 58.9 cm³/mol. The first kappa shape index (κ1) is 11.4. The summed E-state index contributed by atoms with van der Waals surface area (Å²) in [6, 6.07) is 5.06. The molecule has 2 rings (SSSR count). The lowest BCUT2D eigenvalue weighted by Crippen LogP contribution is -2.26. The van der Waals surface area contributed by atoms with Crippen molar-refractivity contribution in [2.45, 2.75) is 24.9 Å². The zero-order valence-electron chi connectivity index (χ0n) is 9.24. The number of aliphatic hydroxyl groups is 1. The van der Waals surface area contributed by atoms with Crippen molar-refractivity contribution < 1.29 is 14.2 Å². The van der Waals surface area contributed by atoms with E-state index in [0.29, 0.717) is 6.04 Å². The quantitative estimate of drug-likeness (QED) is 0.800. The smallest absolute Gasteiger partial charge is 0.165 e. The van der Waals surface area contributed by atoms with Crippen molar-refractivity contribution in [3.63, 3.8) is 0 Å². The normalized spacial score (nSPS) is 17.2. The highest BCUT2D eigenvalue weighted by molar-refractivity contribution is 5.31. The Labute approximate surface area is 94.2 Å². The summed E-state index contributed by atoms with van der Waals surface area (Å²) in [6.07, 6.45) is 2.27. The van der Waals surface area contributed by atoms with Crippen LogP contribution in [0.2, 0.25) is 0 Å². The van der Waals surface area contributed by atoms with Gasteiger partial charge in [0.2, 0.25) is 0 Å². The first-order valence-electron chi connectivity index (χ1n) is 5.45. The molecule has 2 N–H and O–H groups in total. The molecule has 0 bridgehead atoms. The van der Waals surface area contributed by atoms with Crippen molar-refractivity contribution in [1.82, 2.24) is 5.32 Å². The van der Waals surface area contributed by atoms with E-state index in [2.05, 4.69) is 5.32 Å². The monoisotopic (exact) mass is 225 g/mol. The summed E-state index contributed by atoms with van der Waals surface area (Å²) >= 11 is 0. The fourth-order valence-electron chi connectivity index (χ4n) is 1.69. The van der Waals surface area contributed by atoms with Gasteiger partial charge in [-0.2, -0.15) is 0 Å². The summed E-state index contributed by atoms with van der Waals surface area (Å²) in [5.41, 5.74) is 0.757. The molecule has 16 heavy (non-hydrogen) atoms. The van der Waals surface area contributed by atoms with Gasteiger partial charge in [0.1, 0.15) is 0 Å². The van der Waals surface area contributed by atoms with Crippen LogP contribution in [-0.2, 0) is 0 Å². The van der Waals surface area contributed by atoms with Crippen LogP contribution in [0.1, 0.15) is 24.4 Å². The van der Waals surface area contributed by atoms with Gasteiger partial charge >= 0.3 is 0 Å². The fraction of sp³-hybridized carbons (Fsp3) is 0.500. The molecule has 1 atom stereocenters. The second-order valence-electron chi connectivity index (χ2n) is 4.07. The number of nitrogens with one attached hydrogen (secondary N) is 1. The number of aliphatic hydroxyl groups excluding tert-OH is 1. The van der Waals surface area contributed by atoms with Crippen LogP contribution < -0.4 is 10.1 Å². The Morgan fingerprint density at radius 1 is 1.56 bits per heavy atom. The molecule has 0 spiro atoms. The molecule has 0 heterocycles. The number of methoxy groups -OCH3 is 1. The SMILES string of the molecule is COc1ccc(C(CO)NC2CC2)cc1F. The highest BCUT2D eigenvalue weighted by Crippen LogP contribution is 2.26. The van der Waals surface area contributed by atoms with Gasteiger partial charge < -0.3 is 15.2 Å². The van der Waals surface area contributed by atoms with Crippen LogP contribution in [0.4, 0.5) is 4.39 Å². The zero-order valence-corrected chi connectivity index (χ0v) is 9.24. The van der Waals surface area contributed by atoms with E-state index in [1.165, 1.54) is 13.2 Å². The molecule has 0 amide bonds. The van der Waals surface area contributed by atoms with E-state index >= 15 is 0 Å². The molecule has 0 aliphatic heterocycles. The maximum atomic E-state index is 13.5. The fourth-order valence-corrected chi connectivity index (χ4v) is 1.69. The number of ether oxygens (including phenoxy) is 1. The second-order valence-corrected chi connectivity index (χ2v) is 4.07. The number of halogens is 1. The average Bonchev–Trinajstić information content (AvgIpc) is 3.09. The minimum Gasteiger partial charge on any atom is -0.494 e. The summed E-state index contributed by atoms with van der Waals surface area (Å²) in [4.78, 5) is 0. The molecule has 0 aromatic heterocycles. The van der Waals surface area contributed by atoms with Crippen LogP contribution in [0.5, 0.6) is 5.75 Å². The summed E-state index contributed by atoms with van der Waals surface area (Å²) in [5, 5.41) is 12.5. The first-order chi connectivity index (χ1) is 7.74. The molecule has 1 aromatic rings. The molecule has 88 valence electrons. The molecule has 4 heteroatoms. The highest BCUT2D eigenvalue weighted by atomic mass is 19.1. The van der Waals surface area contributed by atoms with E-state index in [9.17, 15) is 9.50 Å². The van der Waals surface area contributed by atoms with E-state index in [4.69, 9.17) is 4.74 Å². The van der Waals surface area contributed by atoms with Crippen molar-refractivity contribution in [1.29, 1.82) is 0 Å². The van der Waals surface area contributed by atoms with Gasteiger partial charge in [-0.1, -0.05) is 6.07 Å². The second kappa shape index (κ2) is 4.80. The third-order valence-corrected chi connectivity index (χ3v) is 2.78. The van der Waals surface area contributed by atoms with Gasteiger partial charge in [-0.25, -0.2) is 4.39 Å². The molecule has 1 fully saturated rings. The van der Waals surface area contributed by atoms with Crippen molar-refractivity contribution in [2.75, 3.05) is 13.7 Å². The minimum absolute atomic E-state index is 0.0255. The molecule has 0 radical (unpaired) electrons. The highest BCUT2D eigenvalue weighted by Gasteiger charge is 2.25. The Morgan fingerprint density at radius 2 is 2.31 bits per heavy atom. The summed E-state index contributed by atoms with van der Waals surface area (Å²) in [6.45, 7) is -0.0255. The zero-order chi connectivity index (χ0) is 11.5. The maximum absolute atomic E-state index is 13.5. The number of benzene rings is 1. The lowest BCUT2D eigenvalue weighted by atomic mass is 10.1. The van der Waals surface area contributed by atoms with Crippen molar-refractivity contribution in [3.8, 4) is 5.75 Å². The average molecular weight is 225 g/mol. The molecule has 1 saturated carbocycles. The molecular weight excluding hydrogens is 209 g/mol. The minimum atomic E-state index is -0.393. The number of hydrogen-bond acceptors (Lipinski definition) is 3. The molecule has 1 aliphatic carbocycles. The van der Waals surface area contributed by atoms with Gasteiger partial charge in [-0.15, -0.1) is 0 Å². The molecule has 1 aliphatic rings. The van der Waals surface area contributed by atoms with Crippen molar-refractivity contribution in [3.05, 3.63) is 29.6 Å². The van der Waals surface area contributed by atoms with Crippen LogP contribution in [-0.4, -0.2) is 24.9 Å². The largest absolute Gasteiger partial charge is 0.494 e. The van der Waals surface area contributed by atoms with Gasteiger partial charge in [-0.05, 0) is 30.5 Å². The van der Waals surface area contributed by atoms with Gasteiger partial charge in [0.05, 0.1) is 19.8 Å². The van der Waals surface area contributed by atoms with E-state index in [1.807, 2.05) is 0 Å². The summed E-state index contributed by atoms with van der Waals surface area (Å²) < 4.78 is 18.3. The van der Waals surface area contributed by atoms with E-state index in [0.717, 1.165) is 18.4 Å². The Morgan fingerprint density at radius 3 is 2.81 bits per heavy atom. The van der Waals surface area contributed by atoms with Gasteiger partial charge in [0.15, 0.2) is 11.6 Å². The first-order valence-corrected chi connectivity index (χ1v) is 5.45. The van der Waals surface area contributed by atoms with Gasteiger partial charge in [0, 0.05) is 6.04 Å². The van der Waals surface area contributed by atoms with E-state index in [-0.39, 0.29) is 18.4 Å². The third kappa shape index (κ3) is 2.51. The summed E-state index contributed by atoms with van der Waals surface area (Å²) in [7, 11) is 1.43. The van der Waals surface area contributed by atoms with Crippen LogP contribution in [0.3, 0.4) is 0 Å². The third-order valence-electron chi connectivity index (χ3n) is 2.78. The van der Waals surface area contributed by atoms with Crippen molar-refractivity contribution >= 4 is 0 Å². The Bertz CT molecular complexity index is 366. The Hall–Kier alpha value is -1.13. The van der Waals surface area contributed by atoms with E-state index in [1.54, 1.807) is 12.1 Å². The van der Waals surface area contributed by atoms with Crippen molar-refractivity contribution in [2.24, 2.45) is 0 Å². The molecule has 1 unspecified atom stereocenters.